The van der Waals surface area contributed by atoms with Gasteiger partial charge in [-0.15, -0.1) is 0 Å². The zero-order valence-electron chi connectivity index (χ0n) is 26.3. The second-order valence-corrected chi connectivity index (χ2v) is 10.9. The summed E-state index contributed by atoms with van der Waals surface area (Å²) in [5.41, 5.74) is 5.33. The molecule has 47 heavy (non-hydrogen) atoms. The van der Waals surface area contributed by atoms with E-state index in [1.165, 1.54) is 13.3 Å². The van der Waals surface area contributed by atoms with Gasteiger partial charge in [0.15, 0.2) is 29.2 Å². The third-order valence-corrected chi connectivity index (χ3v) is 7.36. The fraction of sp³-hybridized carbons (Fsp3) is 0.303. The number of hydrogen-bond acceptors (Lipinski definition) is 10. The molecule has 0 unspecified atom stereocenters. The van der Waals surface area contributed by atoms with E-state index in [0.29, 0.717) is 63.1 Å². The first-order valence-corrected chi connectivity index (χ1v) is 15.4. The van der Waals surface area contributed by atoms with Crippen LogP contribution in [0.15, 0.2) is 71.0 Å². The van der Waals surface area contributed by atoms with Crippen LogP contribution in [-0.2, 0) is 16.1 Å². The van der Waals surface area contributed by atoms with Crippen molar-refractivity contribution in [2.75, 3.05) is 26.9 Å². The van der Waals surface area contributed by atoms with Crippen molar-refractivity contribution in [1.29, 1.82) is 0 Å². The highest BCUT2D eigenvalue weighted by atomic mass is 35.5. The van der Waals surface area contributed by atoms with Crippen molar-refractivity contribution >= 4 is 41.4 Å². The van der Waals surface area contributed by atoms with E-state index >= 15 is 0 Å². The quantitative estimate of drug-likeness (QED) is 0.0705. The first kappa shape index (κ1) is 35.2. The van der Waals surface area contributed by atoms with Gasteiger partial charge in [0.05, 0.1) is 38.2 Å². The molecule has 1 heterocycles. The highest BCUT2D eigenvalue weighted by molar-refractivity contribution is 6.35. The van der Waals surface area contributed by atoms with E-state index in [4.69, 9.17) is 46.9 Å². The lowest BCUT2D eigenvalue weighted by molar-refractivity contribution is -0.136. The maximum absolute atomic E-state index is 12.5. The second-order valence-electron chi connectivity index (χ2n) is 10.1. The van der Waals surface area contributed by atoms with Crippen LogP contribution in [0.3, 0.4) is 0 Å². The van der Waals surface area contributed by atoms with E-state index in [0.717, 1.165) is 5.56 Å². The lowest BCUT2D eigenvalue weighted by Gasteiger charge is -2.28. The molecule has 0 saturated carbocycles. The minimum absolute atomic E-state index is 0.169. The van der Waals surface area contributed by atoms with Crippen molar-refractivity contribution in [3.8, 4) is 23.0 Å². The number of allylic oxidation sites excluding steroid dienone is 1. The summed E-state index contributed by atoms with van der Waals surface area (Å²) < 4.78 is 28.2. The Morgan fingerprint density at radius 1 is 0.979 bits per heavy atom. The summed E-state index contributed by atoms with van der Waals surface area (Å²) in [7, 11) is 1.27. The molecule has 4 N–H and O–H groups in total. The number of carbonyl (C=O) groups excluding carboxylic acids is 2. The van der Waals surface area contributed by atoms with Gasteiger partial charge in [-0.1, -0.05) is 35.3 Å². The lowest BCUT2D eigenvalue weighted by atomic mass is 9.95. The predicted molar refractivity (Wildman–Crippen MR) is 177 cm³/mol. The Morgan fingerprint density at radius 2 is 1.68 bits per heavy atom. The van der Waals surface area contributed by atoms with Gasteiger partial charge in [-0.05, 0) is 74.4 Å². The molecule has 12 nitrogen and oxygen atoms in total. The average Bonchev–Trinajstić information content (AvgIpc) is 3.04. The number of nitrogens with one attached hydrogen (secondary N) is 3. The van der Waals surface area contributed by atoms with Gasteiger partial charge < -0.3 is 39.4 Å². The molecule has 0 saturated heterocycles. The number of halogens is 2. The van der Waals surface area contributed by atoms with E-state index in [-0.39, 0.29) is 18.8 Å². The molecule has 0 radical (unpaired) electrons. The van der Waals surface area contributed by atoms with Crippen molar-refractivity contribution < 1.29 is 38.4 Å². The van der Waals surface area contributed by atoms with Gasteiger partial charge in [0.1, 0.15) is 13.2 Å². The van der Waals surface area contributed by atoms with Crippen LogP contribution >= 0.6 is 23.2 Å². The van der Waals surface area contributed by atoms with Crippen LogP contribution in [-0.4, -0.2) is 56.5 Å². The van der Waals surface area contributed by atoms with Gasteiger partial charge >= 0.3 is 12.0 Å². The van der Waals surface area contributed by atoms with E-state index in [2.05, 4.69) is 21.2 Å². The maximum Gasteiger partial charge on any atom is 0.337 e. The summed E-state index contributed by atoms with van der Waals surface area (Å²) >= 11 is 12.2. The Bertz CT molecular complexity index is 1650. The molecule has 0 aliphatic carbocycles. The Morgan fingerprint density at radius 3 is 2.38 bits per heavy atom. The minimum atomic E-state index is -1.17. The molecule has 250 valence electrons. The molecular formula is C33H36Cl2N4O8. The topological polar surface area (TPSA) is 149 Å². The number of methoxy groups -OCH3 is 1. The number of hydrogen-bond donors (Lipinski definition) is 4. The summed E-state index contributed by atoms with van der Waals surface area (Å²) in [6.45, 7) is 6.10. The normalized spacial score (nSPS) is 15.0. The molecule has 1 aliphatic rings. The van der Waals surface area contributed by atoms with Gasteiger partial charge in [-0.3, -0.25) is 5.43 Å². The van der Waals surface area contributed by atoms with E-state index < -0.39 is 24.3 Å². The summed E-state index contributed by atoms with van der Waals surface area (Å²) in [6, 6.07) is 14.3. The van der Waals surface area contributed by atoms with Crippen molar-refractivity contribution in [2.45, 2.75) is 39.6 Å². The number of aliphatic hydroxyl groups excluding tert-OH is 1. The Balaban J connectivity index is 1.38. The molecular weight excluding hydrogens is 651 g/mol. The average molecular weight is 688 g/mol. The maximum atomic E-state index is 12.5. The van der Waals surface area contributed by atoms with Crippen LogP contribution < -0.4 is 35.0 Å². The molecule has 3 aromatic rings. The van der Waals surface area contributed by atoms with Crippen LogP contribution in [0, 0.1) is 0 Å². The Kier molecular flexibility index (Phi) is 12.6. The second kappa shape index (κ2) is 16.8. The largest absolute Gasteiger partial charge is 0.490 e. The van der Waals surface area contributed by atoms with Crippen LogP contribution in [0.25, 0.3) is 0 Å². The molecule has 1 aliphatic heterocycles. The van der Waals surface area contributed by atoms with Gasteiger partial charge in [-0.25, -0.2) is 9.59 Å². The number of rotatable bonds is 15. The summed E-state index contributed by atoms with van der Waals surface area (Å²) in [6.07, 6.45) is 0.354. The van der Waals surface area contributed by atoms with Crippen molar-refractivity contribution in [1.82, 2.24) is 16.1 Å². The van der Waals surface area contributed by atoms with Crippen molar-refractivity contribution in [3.63, 3.8) is 0 Å². The standard InChI is InChI=1S/C33H36Cl2N4O8/c1-5-44-27-13-20(7-11-25(27)46-17-22-8-10-23(34)15-24(22)35)16-36-39-29(40)18-47-26-12-9-21(14-28(26)45-6-2)31-30(32(41)43-4)19(3)37-33(42)38-31/h7-16,29,31,39-40H,5-6,17-18H2,1-4H3,(H2,37,38,42)/b36-16-/t29-,31-/m0/s1. The monoisotopic (exact) mass is 686 g/mol. The highest BCUT2D eigenvalue weighted by Crippen LogP contribution is 2.35. The number of ether oxygens (including phenoxy) is 5. The van der Waals surface area contributed by atoms with Crippen molar-refractivity contribution in [3.05, 3.63) is 92.6 Å². The van der Waals surface area contributed by atoms with Crippen LogP contribution in [0.2, 0.25) is 10.0 Å². The van der Waals surface area contributed by atoms with Crippen molar-refractivity contribution in [2.24, 2.45) is 5.10 Å². The van der Waals surface area contributed by atoms with Gasteiger partial charge in [0.25, 0.3) is 0 Å². The first-order valence-electron chi connectivity index (χ1n) is 14.7. The molecule has 14 heteroatoms. The van der Waals surface area contributed by atoms with Gasteiger partial charge in [0.2, 0.25) is 0 Å². The lowest BCUT2D eigenvalue weighted by Crippen LogP contribution is -2.45. The number of urea groups is 1. The van der Waals surface area contributed by atoms with Crippen LogP contribution in [0.4, 0.5) is 4.79 Å². The SMILES string of the molecule is CCOc1cc(/C=N\N[C@@H](O)COc2ccc([C@@H]3NC(=O)NC(C)=C3C(=O)OC)cc2OCC)ccc1OCc1ccc(Cl)cc1Cl. The highest BCUT2D eigenvalue weighted by Gasteiger charge is 2.32. The smallest absolute Gasteiger partial charge is 0.337 e. The molecule has 2 amide bonds. The van der Waals surface area contributed by atoms with Crippen LogP contribution in [0.1, 0.15) is 43.5 Å². The Hall–Kier alpha value is -4.65. The minimum Gasteiger partial charge on any atom is -0.490 e. The summed E-state index contributed by atoms with van der Waals surface area (Å²) in [5, 5.41) is 21.0. The molecule has 0 spiro atoms. The predicted octanol–water partition coefficient (Wildman–Crippen LogP) is 5.49. The summed E-state index contributed by atoms with van der Waals surface area (Å²) in [4.78, 5) is 24.6. The number of esters is 1. The molecule has 3 aromatic carbocycles. The zero-order valence-corrected chi connectivity index (χ0v) is 27.8. The zero-order chi connectivity index (χ0) is 33.9. The van der Waals surface area contributed by atoms with Gasteiger partial charge in [-0.2, -0.15) is 5.10 Å². The number of aliphatic hydroxyl groups is 1. The molecule has 0 bridgehead atoms. The molecule has 0 aromatic heterocycles. The molecule has 4 rings (SSSR count). The van der Waals surface area contributed by atoms with E-state index in [9.17, 15) is 14.7 Å². The van der Waals surface area contributed by atoms with E-state index in [1.807, 2.05) is 13.8 Å². The molecule has 0 fully saturated rings. The fourth-order valence-electron chi connectivity index (χ4n) is 4.61. The molecule has 2 atom stereocenters. The fourth-order valence-corrected chi connectivity index (χ4v) is 5.07. The number of carbonyl (C=O) groups is 2. The third-order valence-electron chi connectivity index (χ3n) is 6.78. The Labute approximate surface area is 282 Å². The number of benzene rings is 3. The number of nitrogens with zero attached hydrogens (tertiary/aromatic N) is 1. The first-order chi connectivity index (χ1) is 22.6. The summed E-state index contributed by atoms with van der Waals surface area (Å²) in [5.74, 6) is 1.18. The van der Waals surface area contributed by atoms with E-state index in [1.54, 1.807) is 61.5 Å². The third kappa shape index (κ3) is 9.44. The van der Waals surface area contributed by atoms with Gasteiger partial charge in [0, 0.05) is 21.3 Å². The number of hydrazone groups is 1. The number of amides is 2. The van der Waals surface area contributed by atoms with Crippen LogP contribution in [0.5, 0.6) is 23.0 Å².